The fourth-order valence-corrected chi connectivity index (χ4v) is 1.58. The molecule has 2 rings (SSSR count). The summed E-state index contributed by atoms with van der Waals surface area (Å²) < 4.78 is 19.4. The topological polar surface area (TPSA) is 57.2 Å². The van der Waals surface area contributed by atoms with E-state index in [1.165, 1.54) is 18.2 Å². The van der Waals surface area contributed by atoms with E-state index in [4.69, 9.17) is 10.6 Å². The molecule has 5 heteroatoms. The number of ether oxygens (including phenoxy) is 1. The second-order valence-electron chi connectivity index (χ2n) is 3.29. The minimum Gasteiger partial charge on any atom is -0.461 e. The molecule has 4 nitrogen and oxygen atoms in total. The second kappa shape index (κ2) is 3.84. The number of nitrogens with two attached hydrogens (primary N) is 1. The SMILES string of the molecule is CCOC(=O)c1cc2c(F)cccc2n1N. The molecule has 0 aliphatic carbocycles. The molecule has 0 aliphatic heterocycles. The van der Waals surface area contributed by atoms with Crippen molar-refractivity contribution < 1.29 is 13.9 Å². The number of rotatable bonds is 2. The number of fused-ring (bicyclic) bond motifs is 1. The van der Waals surface area contributed by atoms with Crippen molar-refractivity contribution in [1.82, 2.24) is 4.68 Å². The fraction of sp³-hybridized carbons (Fsp3) is 0.182. The maximum atomic E-state index is 13.4. The number of carbonyl (C=O) groups is 1. The Balaban J connectivity index is 2.60. The number of nitrogens with zero attached hydrogens (tertiary/aromatic N) is 1. The van der Waals surface area contributed by atoms with Gasteiger partial charge in [-0.3, -0.25) is 4.68 Å². The van der Waals surface area contributed by atoms with Gasteiger partial charge in [0.2, 0.25) is 0 Å². The first-order valence-corrected chi connectivity index (χ1v) is 4.87. The molecule has 0 amide bonds. The van der Waals surface area contributed by atoms with Crippen LogP contribution in [0.4, 0.5) is 4.39 Å². The maximum absolute atomic E-state index is 13.4. The van der Waals surface area contributed by atoms with Gasteiger partial charge in [0.1, 0.15) is 11.5 Å². The summed E-state index contributed by atoms with van der Waals surface area (Å²) in [5.41, 5.74) is 0.602. The van der Waals surface area contributed by atoms with Gasteiger partial charge in [-0.05, 0) is 25.1 Å². The molecule has 84 valence electrons. The van der Waals surface area contributed by atoms with E-state index in [2.05, 4.69) is 0 Å². The van der Waals surface area contributed by atoms with Gasteiger partial charge in [0, 0.05) is 5.39 Å². The zero-order valence-electron chi connectivity index (χ0n) is 8.74. The third-order valence-corrected chi connectivity index (χ3v) is 2.31. The fourth-order valence-electron chi connectivity index (χ4n) is 1.58. The summed E-state index contributed by atoms with van der Waals surface area (Å²) in [6.07, 6.45) is 0. The van der Waals surface area contributed by atoms with Crippen molar-refractivity contribution in [1.29, 1.82) is 0 Å². The lowest BCUT2D eigenvalue weighted by atomic mass is 10.2. The number of aromatic nitrogens is 1. The van der Waals surface area contributed by atoms with E-state index in [-0.39, 0.29) is 12.3 Å². The number of halogens is 1. The summed E-state index contributed by atoms with van der Waals surface area (Å²) in [6.45, 7) is 1.95. The predicted octanol–water partition coefficient (Wildman–Crippen LogP) is 1.67. The van der Waals surface area contributed by atoms with Crippen molar-refractivity contribution >= 4 is 16.9 Å². The van der Waals surface area contributed by atoms with Gasteiger partial charge >= 0.3 is 5.97 Å². The van der Waals surface area contributed by atoms with Gasteiger partial charge in [-0.25, -0.2) is 9.18 Å². The summed E-state index contributed by atoms with van der Waals surface area (Å²) in [6, 6.07) is 5.89. The highest BCUT2D eigenvalue weighted by atomic mass is 19.1. The average Bonchev–Trinajstić information content (AvgIpc) is 2.59. The molecule has 1 aromatic carbocycles. The minimum atomic E-state index is -0.555. The van der Waals surface area contributed by atoms with Gasteiger partial charge in [0.05, 0.1) is 12.1 Å². The van der Waals surface area contributed by atoms with Crippen molar-refractivity contribution in [2.24, 2.45) is 0 Å². The van der Waals surface area contributed by atoms with Crippen LogP contribution in [-0.2, 0) is 4.74 Å². The van der Waals surface area contributed by atoms with Crippen molar-refractivity contribution in [3.8, 4) is 0 Å². The molecule has 0 spiro atoms. The van der Waals surface area contributed by atoms with E-state index in [1.54, 1.807) is 13.0 Å². The molecular formula is C11H11FN2O2. The molecule has 0 radical (unpaired) electrons. The highest BCUT2D eigenvalue weighted by Gasteiger charge is 2.16. The van der Waals surface area contributed by atoms with Crippen LogP contribution in [0.1, 0.15) is 17.4 Å². The van der Waals surface area contributed by atoms with Crippen LogP contribution >= 0.6 is 0 Å². The molecule has 0 saturated carbocycles. The van der Waals surface area contributed by atoms with Gasteiger partial charge in [0.15, 0.2) is 0 Å². The van der Waals surface area contributed by atoms with Gasteiger partial charge in [-0.1, -0.05) is 6.07 Å². The van der Waals surface area contributed by atoms with Crippen LogP contribution in [0, 0.1) is 5.82 Å². The Kier molecular flexibility index (Phi) is 2.52. The Hall–Kier alpha value is -2.04. The summed E-state index contributed by atoms with van der Waals surface area (Å²) >= 11 is 0. The molecule has 0 atom stereocenters. The molecule has 16 heavy (non-hydrogen) atoms. The third kappa shape index (κ3) is 1.50. The van der Waals surface area contributed by atoms with E-state index in [0.29, 0.717) is 10.9 Å². The van der Waals surface area contributed by atoms with E-state index in [0.717, 1.165) is 4.68 Å². The number of hydrogen-bond acceptors (Lipinski definition) is 3. The third-order valence-electron chi connectivity index (χ3n) is 2.31. The number of benzene rings is 1. The highest BCUT2D eigenvalue weighted by molar-refractivity contribution is 5.95. The first-order chi connectivity index (χ1) is 7.65. The van der Waals surface area contributed by atoms with Crippen LogP contribution in [0.2, 0.25) is 0 Å². The molecular weight excluding hydrogens is 211 g/mol. The largest absolute Gasteiger partial charge is 0.461 e. The van der Waals surface area contributed by atoms with Crippen LogP contribution in [0.25, 0.3) is 10.9 Å². The number of carbonyl (C=O) groups excluding carboxylic acids is 1. The summed E-state index contributed by atoms with van der Waals surface area (Å²) in [5.74, 6) is 4.72. The lowest BCUT2D eigenvalue weighted by molar-refractivity contribution is 0.0517. The van der Waals surface area contributed by atoms with E-state index >= 15 is 0 Å². The molecule has 1 heterocycles. The zero-order valence-corrected chi connectivity index (χ0v) is 8.74. The monoisotopic (exact) mass is 222 g/mol. The van der Waals surface area contributed by atoms with E-state index in [1.807, 2.05) is 0 Å². The first-order valence-electron chi connectivity index (χ1n) is 4.87. The minimum absolute atomic E-state index is 0.141. The van der Waals surface area contributed by atoms with Crippen molar-refractivity contribution in [2.45, 2.75) is 6.92 Å². The van der Waals surface area contributed by atoms with Gasteiger partial charge in [-0.15, -0.1) is 0 Å². The Morgan fingerprint density at radius 1 is 1.56 bits per heavy atom. The van der Waals surface area contributed by atoms with E-state index < -0.39 is 11.8 Å². The first kappa shape index (κ1) is 10.5. The molecule has 2 aromatic rings. The van der Waals surface area contributed by atoms with E-state index in [9.17, 15) is 9.18 Å². The molecule has 1 aromatic heterocycles. The van der Waals surface area contributed by atoms with Crippen molar-refractivity contribution in [3.63, 3.8) is 0 Å². The Morgan fingerprint density at radius 3 is 2.94 bits per heavy atom. The number of hydrogen-bond donors (Lipinski definition) is 1. The lowest BCUT2D eigenvalue weighted by Gasteiger charge is -2.02. The lowest BCUT2D eigenvalue weighted by Crippen LogP contribution is -2.17. The van der Waals surface area contributed by atoms with Crippen LogP contribution in [-0.4, -0.2) is 17.3 Å². The van der Waals surface area contributed by atoms with Crippen LogP contribution in [0.3, 0.4) is 0 Å². The summed E-state index contributed by atoms with van der Waals surface area (Å²) in [7, 11) is 0. The number of nitrogen functional groups attached to an aromatic ring is 1. The Morgan fingerprint density at radius 2 is 2.31 bits per heavy atom. The van der Waals surface area contributed by atoms with Crippen molar-refractivity contribution in [2.75, 3.05) is 12.4 Å². The quantitative estimate of drug-likeness (QED) is 0.621. The molecule has 0 bridgehead atoms. The smallest absolute Gasteiger partial charge is 0.356 e. The van der Waals surface area contributed by atoms with Crippen LogP contribution < -0.4 is 5.84 Å². The zero-order chi connectivity index (χ0) is 11.7. The average molecular weight is 222 g/mol. The normalized spacial score (nSPS) is 10.6. The summed E-state index contributed by atoms with van der Waals surface area (Å²) in [5, 5.41) is 0.313. The van der Waals surface area contributed by atoms with Crippen LogP contribution in [0.5, 0.6) is 0 Å². The Bertz CT molecular complexity index is 548. The summed E-state index contributed by atoms with van der Waals surface area (Å²) in [4.78, 5) is 11.5. The van der Waals surface area contributed by atoms with Gasteiger partial charge in [-0.2, -0.15) is 0 Å². The van der Waals surface area contributed by atoms with Gasteiger partial charge < -0.3 is 10.6 Å². The van der Waals surface area contributed by atoms with Crippen LogP contribution in [0.15, 0.2) is 24.3 Å². The van der Waals surface area contributed by atoms with Crippen molar-refractivity contribution in [3.05, 3.63) is 35.8 Å². The molecule has 0 unspecified atom stereocenters. The van der Waals surface area contributed by atoms with Gasteiger partial charge in [0.25, 0.3) is 0 Å². The molecule has 0 fully saturated rings. The molecule has 0 aliphatic rings. The maximum Gasteiger partial charge on any atom is 0.356 e. The highest BCUT2D eigenvalue weighted by Crippen LogP contribution is 2.20. The predicted molar refractivity (Wildman–Crippen MR) is 58.0 cm³/mol. The molecule has 2 N–H and O–H groups in total. The Labute approximate surface area is 91.4 Å². The second-order valence-corrected chi connectivity index (χ2v) is 3.29. The molecule has 0 saturated heterocycles. The number of esters is 1. The standard InChI is InChI=1S/C11H11FN2O2/c1-2-16-11(15)10-6-7-8(12)4-3-5-9(7)14(10)13/h3-6H,2,13H2,1H3.